The highest BCUT2D eigenvalue weighted by Gasteiger charge is 2.59. The van der Waals surface area contributed by atoms with Crippen molar-refractivity contribution < 1.29 is 28.8 Å². The average Bonchev–Trinajstić information content (AvgIpc) is 3.52. The van der Waals surface area contributed by atoms with Crippen LogP contribution in [0.15, 0.2) is 54.6 Å². The van der Waals surface area contributed by atoms with E-state index in [4.69, 9.17) is 4.74 Å². The number of anilines is 2. The molecule has 2 bridgehead atoms. The zero-order valence-electron chi connectivity index (χ0n) is 18.7. The largest absolute Gasteiger partial charge is 0.452 e. The lowest BCUT2D eigenvalue weighted by molar-refractivity contribution is -0.385. The zero-order valence-corrected chi connectivity index (χ0v) is 18.7. The number of nitrogens with one attached hydrogen (secondary N) is 1. The standard InChI is InChI=1S/C25H21N3O7/c1-13-2-7-17(11-19(13)28(33)34)26-20(29)12-35-25(32)14-5-8-18(9-6-14)27-23(30)21-15-3-4-16(10-15)22(21)24(27)31/h2-9,11,15-16,21-22H,10,12H2,1H3,(H,26,29)/t15-,16-,21+,22+/m0/s1. The number of allylic oxidation sites excluding steroid dienone is 2. The molecule has 0 spiro atoms. The Morgan fingerprint density at radius 3 is 2.29 bits per heavy atom. The van der Waals surface area contributed by atoms with Gasteiger partial charge in [-0.3, -0.25) is 29.4 Å². The third-order valence-electron chi connectivity index (χ3n) is 6.86. The number of nitrogens with zero attached hydrogens (tertiary/aromatic N) is 2. The van der Waals surface area contributed by atoms with Crippen molar-refractivity contribution in [2.75, 3.05) is 16.8 Å². The SMILES string of the molecule is Cc1ccc(NC(=O)COC(=O)c2ccc(N3C(=O)[C@H]4[C@H](C3=O)[C@H]3C=C[C@H]4C3)cc2)cc1[N+](=O)[O-]. The molecule has 1 saturated heterocycles. The van der Waals surface area contributed by atoms with Crippen molar-refractivity contribution in [2.45, 2.75) is 13.3 Å². The summed E-state index contributed by atoms with van der Waals surface area (Å²) < 4.78 is 5.03. The third kappa shape index (κ3) is 3.86. The van der Waals surface area contributed by atoms with Crippen molar-refractivity contribution in [3.63, 3.8) is 0 Å². The summed E-state index contributed by atoms with van der Waals surface area (Å²) in [7, 11) is 0. The minimum atomic E-state index is -0.764. The van der Waals surface area contributed by atoms with Gasteiger partial charge in [0.25, 0.3) is 11.6 Å². The maximum absolute atomic E-state index is 12.9. The Kier molecular flexibility index (Phi) is 5.43. The predicted molar refractivity (Wildman–Crippen MR) is 123 cm³/mol. The molecule has 4 atom stereocenters. The maximum atomic E-state index is 12.9. The van der Waals surface area contributed by atoms with Crippen molar-refractivity contribution in [3.8, 4) is 0 Å². The number of aryl methyl sites for hydroxylation is 1. The van der Waals surface area contributed by atoms with Crippen LogP contribution in [0, 0.1) is 40.7 Å². The molecule has 1 N–H and O–H groups in total. The first-order valence-electron chi connectivity index (χ1n) is 11.1. The lowest BCUT2D eigenvalue weighted by Gasteiger charge is -2.17. The number of rotatable bonds is 6. The molecule has 10 nitrogen and oxygen atoms in total. The number of nitro benzene ring substituents is 1. The average molecular weight is 475 g/mol. The van der Waals surface area contributed by atoms with Gasteiger partial charge in [0.05, 0.1) is 28.0 Å². The van der Waals surface area contributed by atoms with Gasteiger partial charge < -0.3 is 10.1 Å². The number of ether oxygens (including phenoxy) is 1. The number of amides is 3. The second kappa shape index (κ2) is 8.46. The van der Waals surface area contributed by atoms with Gasteiger partial charge in [-0.1, -0.05) is 18.2 Å². The second-order valence-electron chi connectivity index (χ2n) is 8.94. The molecule has 2 aromatic rings. The molecule has 5 rings (SSSR count). The van der Waals surface area contributed by atoms with Gasteiger partial charge in [0, 0.05) is 17.3 Å². The molecular formula is C25H21N3O7. The lowest BCUT2D eigenvalue weighted by atomic mass is 9.85. The monoisotopic (exact) mass is 475 g/mol. The van der Waals surface area contributed by atoms with Crippen molar-refractivity contribution in [2.24, 2.45) is 23.7 Å². The van der Waals surface area contributed by atoms with Crippen LogP contribution >= 0.6 is 0 Å². The van der Waals surface area contributed by atoms with Crippen molar-refractivity contribution in [1.82, 2.24) is 0 Å². The number of esters is 1. The van der Waals surface area contributed by atoms with Gasteiger partial charge >= 0.3 is 5.97 Å². The van der Waals surface area contributed by atoms with Gasteiger partial charge in [0.2, 0.25) is 11.8 Å². The molecule has 35 heavy (non-hydrogen) atoms. The quantitative estimate of drug-likeness (QED) is 0.223. The Balaban J connectivity index is 1.19. The van der Waals surface area contributed by atoms with E-state index < -0.39 is 23.4 Å². The molecule has 1 heterocycles. The van der Waals surface area contributed by atoms with E-state index in [2.05, 4.69) is 5.32 Å². The van der Waals surface area contributed by atoms with E-state index in [1.165, 1.54) is 47.4 Å². The Morgan fingerprint density at radius 2 is 1.69 bits per heavy atom. The number of carbonyl (C=O) groups excluding carboxylic acids is 4. The molecule has 10 heteroatoms. The molecule has 2 aliphatic carbocycles. The van der Waals surface area contributed by atoms with E-state index in [-0.39, 0.29) is 52.4 Å². The van der Waals surface area contributed by atoms with Crippen LogP contribution in [-0.2, 0) is 19.1 Å². The summed E-state index contributed by atoms with van der Waals surface area (Å²) in [4.78, 5) is 62.0. The highest BCUT2D eigenvalue weighted by Crippen LogP contribution is 2.53. The van der Waals surface area contributed by atoms with Crippen LogP contribution in [0.5, 0.6) is 0 Å². The van der Waals surface area contributed by atoms with E-state index in [9.17, 15) is 29.3 Å². The van der Waals surface area contributed by atoms with Crippen LogP contribution in [0.4, 0.5) is 17.1 Å². The normalized spacial score (nSPS) is 24.0. The molecule has 1 saturated carbocycles. The van der Waals surface area contributed by atoms with Gasteiger partial charge in [-0.15, -0.1) is 0 Å². The number of fused-ring (bicyclic) bond motifs is 5. The zero-order chi connectivity index (χ0) is 24.9. The first-order valence-corrected chi connectivity index (χ1v) is 11.1. The summed E-state index contributed by atoms with van der Waals surface area (Å²) in [5.41, 5.74) is 1.06. The summed E-state index contributed by atoms with van der Waals surface area (Å²) >= 11 is 0. The van der Waals surface area contributed by atoms with Gasteiger partial charge in [-0.05, 0) is 55.5 Å². The number of nitro groups is 1. The molecule has 0 radical (unpaired) electrons. The number of hydrogen-bond acceptors (Lipinski definition) is 7. The van der Waals surface area contributed by atoms with Crippen LogP contribution in [0.25, 0.3) is 0 Å². The van der Waals surface area contributed by atoms with Crippen molar-refractivity contribution in [1.29, 1.82) is 0 Å². The summed E-state index contributed by atoms with van der Waals surface area (Å²) in [6.07, 6.45) is 4.89. The van der Waals surface area contributed by atoms with E-state index in [1.807, 2.05) is 12.2 Å². The molecule has 3 amide bonds. The molecule has 3 aliphatic rings. The molecule has 1 aliphatic heterocycles. The fraction of sp³-hybridized carbons (Fsp3) is 0.280. The molecule has 2 aromatic carbocycles. The van der Waals surface area contributed by atoms with Crippen molar-refractivity contribution in [3.05, 3.63) is 75.9 Å². The van der Waals surface area contributed by atoms with E-state index >= 15 is 0 Å². The Bertz CT molecular complexity index is 1270. The number of hydrogen-bond donors (Lipinski definition) is 1. The number of imide groups is 1. The van der Waals surface area contributed by atoms with Gasteiger partial charge in [0.1, 0.15) is 0 Å². The first kappa shape index (κ1) is 22.5. The fourth-order valence-corrected chi connectivity index (χ4v) is 5.20. The van der Waals surface area contributed by atoms with E-state index in [0.717, 1.165) is 6.42 Å². The first-order chi connectivity index (χ1) is 16.7. The minimum absolute atomic E-state index is 0.109. The fourth-order valence-electron chi connectivity index (χ4n) is 5.20. The predicted octanol–water partition coefficient (Wildman–Crippen LogP) is 3.01. The molecule has 2 fully saturated rings. The molecular weight excluding hydrogens is 454 g/mol. The summed E-state index contributed by atoms with van der Waals surface area (Å²) in [6, 6.07) is 10.1. The minimum Gasteiger partial charge on any atom is -0.452 e. The number of benzene rings is 2. The molecule has 178 valence electrons. The van der Waals surface area contributed by atoms with Gasteiger partial charge in [-0.2, -0.15) is 0 Å². The van der Waals surface area contributed by atoms with Crippen LogP contribution < -0.4 is 10.2 Å². The Hall–Kier alpha value is -4.34. The maximum Gasteiger partial charge on any atom is 0.338 e. The second-order valence-corrected chi connectivity index (χ2v) is 8.94. The lowest BCUT2D eigenvalue weighted by Crippen LogP contribution is -2.32. The van der Waals surface area contributed by atoms with E-state index in [1.54, 1.807) is 6.92 Å². The van der Waals surface area contributed by atoms with Crippen LogP contribution in [-0.4, -0.2) is 35.2 Å². The highest BCUT2D eigenvalue weighted by molar-refractivity contribution is 6.22. The summed E-state index contributed by atoms with van der Waals surface area (Å²) in [6.45, 7) is 0.990. The third-order valence-corrected chi connectivity index (χ3v) is 6.86. The van der Waals surface area contributed by atoms with Crippen LogP contribution in [0.2, 0.25) is 0 Å². The van der Waals surface area contributed by atoms with Crippen LogP contribution in [0.1, 0.15) is 22.3 Å². The molecule has 0 unspecified atom stereocenters. The van der Waals surface area contributed by atoms with Gasteiger partial charge in [-0.25, -0.2) is 4.79 Å². The smallest absolute Gasteiger partial charge is 0.338 e. The van der Waals surface area contributed by atoms with E-state index in [0.29, 0.717) is 11.3 Å². The summed E-state index contributed by atoms with van der Waals surface area (Å²) in [5, 5.41) is 13.5. The van der Waals surface area contributed by atoms with Crippen molar-refractivity contribution >= 4 is 40.8 Å². The van der Waals surface area contributed by atoms with Gasteiger partial charge in [0.15, 0.2) is 6.61 Å². The molecule has 0 aromatic heterocycles. The topological polar surface area (TPSA) is 136 Å². The Morgan fingerprint density at radius 1 is 1.06 bits per heavy atom. The Labute approximate surface area is 199 Å². The number of carbonyl (C=O) groups is 4. The summed E-state index contributed by atoms with van der Waals surface area (Å²) in [5.74, 6) is -2.24. The van der Waals surface area contributed by atoms with Crippen LogP contribution in [0.3, 0.4) is 0 Å². The highest BCUT2D eigenvalue weighted by atomic mass is 16.6.